The molecule has 0 bridgehead atoms. The standard InChI is InChI=1S/C19H16ClN7O/c20-12-7-8-13(17(10-12)27-11-21-24-25-27)19(28)26-9-3-6-16(26)18-22-14-4-1-2-5-15(14)23-18/h1-2,4-5,7-8,10-11,16H,3,6,9H2,(H,22,23)/t16-/m0/s1. The van der Waals surface area contributed by atoms with Crippen LogP contribution in [-0.2, 0) is 0 Å². The van der Waals surface area contributed by atoms with E-state index in [0.29, 0.717) is 22.8 Å². The molecule has 0 radical (unpaired) electrons. The quantitative estimate of drug-likeness (QED) is 0.577. The highest BCUT2D eigenvalue weighted by Gasteiger charge is 2.34. The lowest BCUT2D eigenvalue weighted by molar-refractivity contribution is 0.0730. The van der Waals surface area contributed by atoms with Gasteiger partial charge in [0.2, 0.25) is 0 Å². The Morgan fingerprint density at radius 2 is 2.11 bits per heavy atom. The number of carbonyl (C=O) groups is 1. The fourth-order valence-corrected chi connectivity index (χ4v) is 3.89. The fourth-order valence-electron chi connectivity index (χ4n) is 3.73. The molecular weight excluding hydrogens is 378 g/mol. The van der Waals surface area contributed by atoms with Gasteiger partial charge in [-0.15, -0.1) is 5.10 Å². The molecule has 140 valence electrons. The molecule has 1 saturated heterocycles. The van der Waals surface area contributed by atoms with Crippen molar-refractivity contribution in [3.8, 4) is 5.69 Å². The smallest absolute Gasteiger partial charge is 0.256 e. The van der Waals surface area contributed by atoms with Crippen molar-refractivity contribution in [2.24, 2.45) is 0 Å². The molecule has 0 unspecified atom stereocenters. The van der Waals surface area contributed by atoms with E-state index in [9.17, 15) is 4.79 Å². The molecule has 1 N–H and O–H groups in total. The molecule has 2 aromatic carbocycles. The van der Waals surface area contributed by atoms with Crippen molar-refractivity contribution in [2.75, 3.05) is 6.54 Å². The second-order valence-electron chi connectivity index (χ2n) is 6.71. The van der Waals surface area contributed by atoms with E-state index in [-0.39, 0.29) is 11.9 Å². The van der Waals surface area contributed by atoms with Crippen molar-refractivity contribution in [3.63, 3.8) is 0 Å². The Labute approximate surface area is 165 Å². The third-order valence-electron chi connectivity index (χ3n) is 5.02. The van der Waals surface area contributed by atoms with E-state index < -0.39 is 0 Å². The first kappa shape index (κ1) is 16.9. The lowest BCUT2D eigenvalue weighted by atomic mass is 10.1. The number of para-hydroxylation sites is 2. The number of amides is 1. The first-order chi connectivity index (χ1) is 13.7. The fraction of sp³-hybridized carbons (Fsp3) is 0.211. The summed E-state index contributed by atoms with van der Waals surface area (Å²) >= 11 is 6.15. The zero-order chi connectivity index (χ0) is 19.1. The number of hydrogen-bond donors (Lipinski definition) is 1. The minimum atomic E-state index is -0.0997. The zero-order valence-corrected chi connectivity index (χ0v) is 15.5. The molecule has 9 heteroatoms. The summed E-state index contributed by atoms with van der Waals surface area (Å²) in [7, 11) is 0. The minimum Gasteiger partial charge on any atom is -0.340 e. The Morgan fingerprint density at radius 3 is 2.93 bits per heavy atom. The first-order valence-corrected chi connectivity index (χ1v) is 9.37. The molecule has 3 heterocycles. The summed E-state index contributed by atoms with van der Waals surface area (Å²) in [5.74, 6) is 0.718. The third-order valence-corrected chi connectivity index (χ3v) is 5.26. The molecule has 5 rings (SSSR count). The van der Waals surface area contributed by atoms with Crippen LogP contribution in [0.25, 0.3) is 16.7 Å². The molecule has 2 aromatic heterocycles. The zero-order valence-electron chi connectivity index (χ0n) is 14.8. The van der Waals surface area contributed by atoms with Gasteiger partial charge >= 0.3 is 0 Å². The van der Waals surface area contributed by atoms with Crippen molar-refractivity contribution in [1.29, 1.82) is 0 Å². The van der Waals surface area contributed by atoms with Gasteiger partial charge in [0.05, 0.1) is 28.3 Å². The van der Waals surface area contributed by atoms with E-state index in [4.69, 9.17) is 16.6 Å². The molecule has 0 saturated carbocycles. The maximum atomic E-state index is 13.4. The Bertz CT molecular complexity index is 1120. The summed E-state index contributed by atoms with van der Waals surface area (Å²) < 4.78 is 1.45. The topological polar surface area (TPSA) is 92.6 Å². The molecule has 1 fully saturated rings. The lowest BCUT2D eigenvalue weighted by Gasteiger charge is -2.24. The van der Waals surface area contributed by atoms with E-state index in [1.54, 1.807) is 18.2 Å². The Hall–Kier alpha value is -3.26. The molecule has 1 amide bonds. The van der Waals surface area contributed by atoms with Gasteiger partial charge in [0, 0.05) is 11.6 Å². The van der Waals surface area contributed by atoms with Gasteiger partial charge in [0.25, 0.3) is 5.91 Å². The predicted molar refractivity (Wildman–Crippen MR) is 103 cm³/mol. The molecule has 1 atom stereocenters. The molecule has 1 aliphatic heterocycles. The first-order valence-electron chi connectivity index (χ1n) is 8.99. The number of nitrogens with zero attached hydrogens (tertiary/aromatic N) is 6. The number of benzene rings is 2. The van der Waals surface area contributed by atoms with Crippen LogP contribution >= 0.6 is 11.6 Å². The highest BCUT2D eigenvalue weighted by atomic mass is 35.5. The summed E-state index contributed by atoms with van der Waals surface area (Å²) in [6.45, 7) is 0.665. The minimum absolute atomic E-state index is 0.0925. The van der Waals surface area contributed by atoms with Gasteiger partial charge in [-0.1, -0.05) is 23.7 Å². The monoisotopic (exact) mass is 393 g/mol. The number of rotatable bonds is 3. The SMILES string of the molecule is O=C(c1ccc(Cl)cc1-n1cnnn1)N1CCC[C@H]1c1nc2ccccc2[nH]1. The van der Waals surface area contributed by atoms with Crippen LogP contribution in [0.4, 0.5) is 0 Å². The molecule has 1 aliphatic rings. The summed E-state index contributed by atoms with van der Waals surface area (Å²) in [6.07, 6.45) is 3.23. The van der Waals surface area contributed by atoms with Crippen LogP contribution in [0.2, 0.25) is 5.02 Å². The number of aromatic amines is 1. The van der Waals surface area contributed by atoms with Crippen LogP contribution < -0.4 is 0 Å². The number of carbonyl (C=O) groups excluding carboxylic acids is 1. The van der Waals surface area contributed by atoms with Crippen LogP contribution in [0, 0.1) is 0 Å². The number of imidazole rings is 1. The predicted octanol–water partition coefficient (Wildman–Crippen LogP) is 3.17. The highest BCUT2D eigenvalue weighted by molar-refractivity contribution is 6.31. The van der Waals surface area contributed by atoms with Crippen molar-refractivity contribution in [2.45, 2.75) is 18.9 Å². The normalized spacial score (nSPS) is 16.8. The van der Waals surface area contributed by atoms with Crippen molar-refractivity contribution < 1.29 is 4.79 Å². The molecule has 0 spiro atoms. The Morgan fingerprint density at radius 1 is 1.21 bits per heavy atom. The van der Waals surface area contributed by atoms with Crippen LogP contribution in [0.3, 0.4) is 0 Å². The van der Waals surface area contributed by atoms with Gasteiger partial charge in [0.15, 0.2) is 0 Å². The number of halogens is 1. The van der Waals surface area contributed by atoms with Gasteiger partial charge in [-0.05, 0) is 53.6 Å². The van der Waals surface area contributed by atoms with Gasteiger partial charge in [-0.3, -0.25) is 4.79 Å². The van der Waals surface area contributed by atoms with Crippen LogP contribution in [-0.4, -0.2) is 47.5 Å². The van der Waals surface area contributed by atoms with E-state index in [1.165, 1.54) is 11.0 Å². The van der Waals surface area contributed by atoms with E-state index >= 15 is 0 Å². The van der Waals surface area contributed by atoms with E-state index in [2.05, 4.69) is 20.5 Å². The third kappa shape index (κ3) is 2.82. The summed E-state index contributed by atoms with van der Waals surface area (Å²) in [4.78, 5) is 23.3. The molecule has 0 aliphatic carbocycles. The number of nitrogens with one attached hydrogen (secondary N) is 1. The molecule has 8 nitrogen and oxygen atoms in total. The largest absolute Gasteiger partial charge is 0.340 e. The van der Waals surface area contributed by atoms with Gasteiger partial charge in [0.1, 0.15) is 12.2 Å². The van der Waals surface area contributed by atoms with E-state index in [0.717, 1.165) is 29.7 Å². The molecule has 4 aromatic rings. The Balaban J connectivity index is 1.53. The average molecular weight is 394 g/mol. The van der Waals surface area contributed by atoms with Crippen molar-refractivity contribution in [3.05, 3.63) is 65.2 Å². The van der Waals surface area contributed by atoms with Crippen LogP contribution in [0.5, 0.6) is 0 Å². The molecular formula is C19H16ClN7O. The number of tetrazole rings is 1. The summed E-state index contributed by atoms with van der Waals surface area (Å²) in [5, 5.41) is 11.7. The number of H-pyrrole nitrogens is 1. The van der Waals surface area contributed by atoms with E-state index in [1.807, 2.05) is 29.2 Å². The average Bonchev–Trinajstić information content (AvgIpc) is 3.47. The van der Waals surface area contributed by atoms with Crippen molar-refractivity contribution >= 4 is 28.5 Å². The number of aromatic nitrogens is 6. The highest BCUT2D eigenvalue weighted by Crippen LogP contribution is 2.33. The van der Waals surface area contributed by atoms with Crippen molar-refractivity contribution in [1.82, 2.24) is 35.1 Å². The molecule has 28 heavy (non-hydrogen) atoms. The maximum Gasteiger partial charge on any atom is 0.256 e. The van der Waals surface area contributed by atoms with Gasteiger partial charge in [-0.25, -0.2) is 4.98 Å². The second-order valence-corrected chi connectivity index (χ2v) is 7.15. The summed E-state index contributed by atoms with van der Waals surface area (Å²) in [5.41, 5.74) is 2.92. The maximum absolute atomic E-state index is 13.4. The lowest BCUT2D eigenvalue weighted by Crippen LogP contribution is -2.32. The number of hydrogen-bond acceptors (Lipinski definition) is 5. The second kappa shape index (κ2) is 6.72. The number of likely N-dealkylation sites (tertiary alicyclic amines) is 1. The number of fused-ring (bicyclic) bond motifs is 1. The van der Waals surface area contributed by atoms with Gasteiger partial charge < -0.3 is 9.88 Å². The summed E-state index contributed by atoms with van der Waals surface area (Å²) in [6, 6.07) is 12.9. The van der Waals surface area contributed by atoms with Gasteiger partial charge in [-0.2, -0.15) is 4.68 Å². The van der Waals surface area contributed by atoms with Crippen LogP contribution in [0.15, 0.2) is 48.8 Å². The van der Waals surface area contributed by atoms with Crippen LogP contribution in [0.1, 0.15) is 35.1 Å². The Kier molecular flexibility index (Phi) is 4.05.